The lowest BCUT2D eigenvalue weighted by Gasteiger charge is -2.37. The zero-order chi connectivity index (χ0) is 14.9. The van der Waals surface area contributed by atoms with Gasteiger partial charge in [-0.15, -0.1) is 0 Å². The van der Waals surface area contributed by atoms with Crippen LogP contribution in [0.3, 0.4) is 0 Å². The van der Waals surface area contributed by atoms with E-state index >= 15 is 0 Å². The molecule has 0 radical (unpaired) electrons. The van der Waals surface area contributed by atoms with Crippen molar-refractivity contribution in [2.75, 3.05) is 19.6 Å². The maximum absolute atomic E-state index is 13.7. The number of benzene rings is 1. The first kappa shape index (κ1) is 15.3. The van der Waals surface area contributed by atoms with Gasteiger partial charge in [0.1, 0.15) is 17.5 Å². The second kappa shape index (κ2) is 5.71. The van der Waals surface area contributed by atoms with E-state index in [4.69, 9.17) is 0 Å². The Morgan fingerprint density at radius 1 is 1.25 bits per heavy atom. The Hall–Kier alpha value is -1.12. The van der Waals surface area contributed by atoms with Gasteiger partial charge in [-0.3, -0.25) is 0 Å². The monoisotopic (exact) mass is 308 g/mol. The number of nitrogens with zero attached hydrogens (tertiary/aromatic N) is 1. The third-order valence-electron chi connectivity index (χ3n) is 3.14. The van der Waals surface area contributed by atoms with Gasteiger partial charge in [0, 0.05) is 31.8 Å². The number of hydrogen-bond acceptors (Lipinski definition) is 3. The van der Waals surface area contributed by atoms with Crippen LogP contribution >= 0.6 is 0 Å². The fourth-order valence-corrected chi connectivity index (χ4v) is 3.90. The lowest BCUT2D eigenvalue weighted by molar-refractivity contribution is 0.240. The Bertz CT molecular complexity index is 580. The standard InChI is InChI=1S/C12H15F3N2O2S/c1-2-3-17(9-6-16-7-9)20(18,19)12-10(14)4-8(13)5-11(12)15/h4-5,9,16H,2-3,6-7H2,1H3. The molecule has 0 bridgehead atoms. The summed E-state index contributed by atoms with van der Waals surface area (Å²) in [5.74, 6) is -3.96. The van der Waals surface area contributed by atoms with Crippen LogP contribution in [-0.2, 0) is 10.0 Å². The van der Waals surface area contributed by atoms with Crippen LogP contribution in [0.1, 0.15) is 13.3 Å². The minimum absolute atomic E-state index is 0.158. The van der Waals surface area contributed by atoms with Crippen LogP contribution < -0.4 is 5.32 Å². The molecular weight excluding hydrogens is 293 g/mol. The molecule has 1 aromatic carbocycles. The molecule has 0 atom stereocenters. The van der Waals surface area contributed by atoms with Gasteiger partial charge in [0.2, 0.25) is 10.0 Å². The molecule has 8 heteroatoms. The number of sulfonamides is 1. The lowest BCUT2D eigenvalue weighted by Crippen LogP contribution is -2.59. The summed E-state index contributed by atoms with van der Waals surface area (Å²) in [6.07, 6.45) is 0.514. The molecule has 0 amide bonds. The Kier molecular flexibility index (Phi) is 4.36. The van der Waals surface area contributed by atoms with E-state index in [1.54, 1.807) is 6.92 Å². The molecule has 1 aliphatic heterocycles. The fraction of sp³-hybridized carbons (Fsp3) is 0.500. The average Bonchev–Trinajstić information content (AvgIpc) is 2.23. The summed E-state index contributed by atoms with van der Waals surface area (Å²) in [6.45, 7) is 2.80. The zero-order valence-electron chi connectivity index (χ0n) is 10.9. The van der Waals surface area contributed by atoms with Crippen molar-refractivity contribution in [2.45, 2.75) is 24.3 Å². The predicted octanol–water partition coefficient (Wildman–Crippen LogP) is 1.48. The molecule has 4 nitrogen and oxygen atoms in total. The second-order valence-electron chi connectivity index (χ2n) is 4.63. The smallest absolute Gasteiger partial charge is 0.249 e. The number of rotatable bonds is 5. The van der Waals surface area contributed by atoms with Crippen LogP contribution in [0, 0.1) is 17.5 Å². The van der Waals surface area contributed by atoms with Crippen LogP contribution in [0.5, 0.6) is 0 Å². The average molecular weight is 308 g/mol. The molecule has 20 heavy (non-hydrogen) atoms. The van der Waals surface area contributed by atoms with Crippen LogP contribution in [0.15, 0.2) is 17.0 Å². The summed E-state index contributed by atoms with van der Waals surface area (Å²) >= 11 is 0. The molecule has 1 aliphatic rings. The first-order valence-corrected chi connectivity index (χ1v) is 7.69. The summed E-state index contributed by atoms with van der Waals surface area (Å²) in [5, 5.41) is 2.91. The van der Waals surface area contributed by atoms with Gasteiger partial charge in [0.25, 0.3) is 0 Å². The van der Waals surface area contributed by atoms with Crippen molar-refractivity contribution >= 4 is 10.0 Å². The molecule has 0 aliphatic carbocycles. The van der Waals surface area contributed by atoms with Crippen molar-refractivity contribution in [3.63, 3.8) is 0 Å². The summed E-state index contributed by atoms with van der Waals surface area (Å²) < 4.78 is 66.1. The SMILES string of the molecule is CCCN(C1CNC1)S(=O)(=O)c1c(F)cc(F)cc1F. The van der Waals surface area contributed by atoms with E-state index in [1.807, 2.05) is 0 Å². The fourth-order valence-electron chi connectivity index (χ4n) is 2.09. The van der Waals surface area contributed by atoms with Crippen LogP contribution in [0.25, 0.3) is 0 Å². The van der Waals surface area contributed by atoms with Gasteiger partial charge in [0.15, 0.2) is 4.90 Å². The molecule has 1 aromatic rings. The van der Waals surface area contributed by atoms with Crippen LogP contribution in [0.4, 0.5) is 13.2 Å². The molecule has 0 spiro atoms. The van der Waals surface area contributed by atoms with Crippen molar-refractivity contribution < 1.29 is 21.6 Å². The normalized spacial score (nSPS) is 16.4. The topological polar surface area (TPSA) is 49.4 Å². The summed E-state index contributed by atoms with van der Waals surface area (Å²) in [4.78, 5) is -1.08. The van der Waals surface area contributed by atoms with Crippen molar-refractivity contribution in [3.8, 4) is 0 Å². The Morgan fingerprint density at radius 2 is 1.80 bits per heavy atom. The lowest BCUT2D eigenvalue weighted by atomic mass is 10.2. The van der Waals surface area contributed by atoms with Gasteiger partial charge in [-0.25, -0.2) is 21.6 Å². The minimum atomic E-state index is -4.32. The molecule has 2 rings (SSSR count). The summed E-state index contributed by atoms with van der Waals surface area (Å²) in [7, 11) is -4.32. The van der Waals surface area contributed by atoms with E-state index in [2.05, 4.69) is 5.32 Å². The largest absolute Gasteiger partial charge is 0.313 e. The van der Waals surface area contributed by atoms with Crippen LogP contribution in [-0.4, -0.2) is 38.4 Å². The minimum Gasteiger partial charge on any atom is -0.313 e. The van der Waals surface area contributed by atoms with Gasteiger partial charge in [-0.2, -0.15) is 4.31 Å². The van der Waals surface area contributed by atoms with E-state index in [0.29, 0.717) is 31.6 Å². The first-order valence-electron chi connectivity index (χ1n) is 6.25. The second-order valence-corrected chi connectivity index (χ2v) is 6.45. The van der Waals surface area contributed by atoms with E-state index < -0.39 is 32.4 Å². The summed E-state index contributed by atoms with van der Waals surface area (Å²) in [6, 6.07) is 0.418. The van der Waals surface area contributed by atoms with Gasteiger partial charge < -0.3 is 5.32 Å². The zero-order valence-corrected chi connectivity index (χ0v) is 11.7. The number of hydrogen-bond donors (Lipinski definition) is 1. The van der Waals surface area contributed by atoms with Crippen molar-refractivity contribution in [1.29, 1.82) is 0 Å². The number of nitrogens with one attached hydrogen (secondary N) is 1. The van der Waals surface area contributed by atoms with E-state index in [9.17, 15) is 21.6 Å². The number of halogens is 3. The van der Waals surface area contributed by atoms with E-state index in [1.165, 1.54) is 0 Å². The van der Waals surface area contributed by atoms with Crippen LogP contribution in [0.2, 0.25) is 0 Å². The predicted molar refractivity (Wildman–Crippen MR) is 67.2 cm³/mol. The van der Waals surface area contributed by atoms with Gasteiger partial charge in [0.05, 0.1) is 6.04 Å². The Labute approximate surface area is 115 Å². The molecule has 0 unspecified atom stereocenters. The maximum atomic E-state index is 13.7. The molecule has 1 heterocycles. The summed E-state index contributed by atoms with van der Waals surface area (Å²) in [5.41, 5.74) is 0. The molecule has 112 valence electrons. The first-order chi connectivity index (χ1) is 9.37. The van der Waals surface area contributed by atoms with Gasteiger partial charge >= 0.3 is 0 Å². The molecule has 0 aromatic heterocycles. The molecule has 1 fully saturated rings. The Morgan fingerprint density at radius 3 is 2.20 bits per heavy atom. The third kappa shape index (κ3) is 2.68. The quantitative estimate of drug-likeness (QED) is 0.896. The Balaban J connectivity index is 2.47. The van der Waals surface area contributed by atoms with Gasteiger partial charge in [-0.1, -0.05) is 6.92 Å². The highest BCUT2D eigenvalue weighted by Crippen LogP contribution is 2.26. The van der Waals surface area contributed by atoms with E-state index in [-0.39, 0.29) is 12.6 Å². The highest BCUT2D eigenvalue weighted by atomic mass is 32.2. The van der Waals surface area contributed by atoms with Gasteiger partial charge in [-0.05, 0) is 6.42 Å². The van der Waals surface area contributed by atoms with E-state index in [0.717, 1.165) is 4.31 Å². The maximum Gasteiger partial charge on any atom is 0.249 e. The molecule has 0 saturated carbocycles. The third-order valence-corrected chi connectivity index (χ3v) is 5.15. The molecule has 1 N–H and O–H groups in total. The highest BCUT2D eigenvalue weighted by molar-refractivity contribution is 7.89. The molecule has 1 saturated heterocycles. The molecular formula is C12H15F3N2O2S. The van der Waals surface area contributed by atoms with Crippen molar-refractivity contribution in [1.82, 2.24) is 9.62 Å². The highest BCUT2D eigenvalue weighted by Gasteiger charge is 2.37. The van der Waals surface area contributed by atoms with Crippen molar-refractivity contribution in [2.24, 2.45) is 0 Å². The van der Waals surface area contributed by atoms with Crippen molar-refractivity contribution in [3.05, 3.63) is 29.6 Å².